The molecular formula is C14H12F3N3O2. The van der Waals surface area contributed by atoms with Crippen LogP contribution in [0.4, 0.5) is 13.2 Å². The van der Waals surface area contributed by atoms with Gasteiger partial charge < -0.3 is 9.84 Å². The van der Waals surface area contributed by atoms with E-state index in [0.717, 1.165) is 4.68 Å². The van der Waals surface area contributed by atoms with Gasteiger partial charge in [0, 0.05) is 11.8 Å². The molecule has 0 spiro atoms. The molecule has 0 radical (unpaired) electrons. The van der Waals surface area contributed by atoms with E-state index in [2.05, 4.69) is 5.10 Å². The minimum absolute atomic E-state index is 0.350. The Balaban J connectivity index is 2.30. The van der Waals surface area contributed by atoms with E-state index in [-0.39, 0.29) is 0 Å². The van der Waals surface area contributed by atoms with Crippen molar-refractivity contribution in [2.24, 2.45) is 0 Å². The van der Waals surface area contributed by atoms with Gasteiger partial charge in [-0.3, -0.25) is 4.68 Å². The Morgan fingerprint density at radius 3 is 2.73 bits per heavy atom. The van der Waals surface area contributed by atoms with E-state index in [4.69, 9.17) is 15.1 Å². The van der Waals surface area contributed by atoms with Gasteiger partial charge in [0.05, 0.1) is 31.0 Å². The molecule has 2 rings (SSSR count). The average Bonchev–Trinajstić information content (AvgIpc) is 2.94. The smallest absolute Gasteiger partial charge is 0.416 e. The number of hydrogen-bond acceptors (Lipinski definition) is 4. The van der Waals surface area contributed by atoms with Gasteiger partial charge in [-0.1, -0.05) is 0 Å². The highest BCUT2D eigenvalue weighted by molar-refractivity contribution is 5.68. The summed E-state index contributed by atoms with van der Waals surface area (Å²) >= 11 is 0. The van der Waals surface area contributed by atoms with Gasteiger partial charge in [-0.2, -0.15) is 23.5 Å². The van der Waals surface area contributed by atoms with Crippen LogP contribution in [0.15, 0.2) is 30.5 Å². The highest BCUT2D eigenvalue weighted by Gasteiger charge is 2.38. The molecule has 0 saturated carbocycles. The van der Waals surface area contributed by atoms with Gasteiger partial charge in [0.2, 0.25) is 0 Å². The number of methoxy groups -OCH3 is 1. The highest BCUT2D eigenvalue weighted by Crippen LogP contribution is 2.30. The molecule has 0 fully saturated rings. The molecule has 0 saturated heterocycles. The normalized spacial score (nSPS) is 12.7. The molecule has 8 heteroatoms. The lowest BCUT2D eigenvalue weighted by Gasteiger charge is -2.14. The zero-order valence-corrected chi connectivity index (χ0v) is 11.5. The molecule has 1 N–H and O–H groups in total. The van der Waals surface area contributed by atoms with Crippen molar-refractivity contribution in [1.82, 2.24) is 9.78 Å². The summed E-state index contributed by atoms with van der Waals surface area (Å²) in [5.74, 6) is 0.445. The van der Waals surface area contributed by atoms with Crippen molar-refractivity contribution in [3.63, 3.8) is 0 Å². The summed E-state index contributed by atoms with van der Waals surface area (Å²) in [5.41, 5.74) is 1.21. The Morgan fingerprint density at radius 1 is 1.41 bits per heavy atom. The second kappa shape index (κ2) is 6.07. The third-order valence-electron chi connectivity index (χ3n) is 2.98. The molecule has 0 bridgehead atoms. The second-order valence-electron chi connectivity index (χ2n) is 4.51. The van der Waals surface area contributed by atoms with Crippen molar-refractivity contribution in [2.75, 3.05) is 7.11 Å². The first kappa shape index (κ1) is 15.9. The summed E-state index contributed by atoms with van der Waals surface area (Å²) in [7, 11) is 1.44. The molecule has 1 atom stereocenters. The molecule has 0 aliphatic heterocycles. The van der Waals surface area contributed by atoms with Crippen molar-refractivity contribution in [3.8, 4) is 23.1 Å². The molecular weight excluding hydrogens is 299 g/mol. The summed E-state index contributed by atoms with van der Waals surface area (Å²) < 4.78 is 43.2. The summed E-state index contributed by atoms with van der Waals surface area (Å²) in [5, 5.41) is 21.9. The first-order valence-electron chi connectivity index (χ1n) is 6.22. The fourth-order valence-corrected chi connectivity index (χ4v) is 1.87. The Labute approximate surface area is 124 Å². The van der Waals surface area contributed by atoms with Crippen molar-refractivity contribution in [1.29, 1.82) is 5.26 Å². The quantitative estimate of drug-likeness (QED) is 0.941. The van der Waals surface area contributed by atoms with E-state index in [1.54, 1.807) is 12.1 Å². The predicted molar refractivity (Wildman–Crippen MR) is 71.0 cm³/mol. The predicted octanol–water partition coefficient (Wildman–Crippen LogP) is 2.35. The van der Waals surface area contributed by atoms with E-state index >= 15 is 0 Å². The molecule has 22 heavy (non-hydrogen) atoms. The van der Waals surface area contributed by atoms with E-state index in [9.17, 15) is 13.2 Å². The monoisotopic (exact) mass is 311 g/mol. The van der Waals surface area contributed by atoms with Gasteiger partial charge in [0.1, 0.15) is 5.75 Å². The van der Waals surface area contributed by atoms with Crippen LogP contribution in [0.5, 0.6) is 5.75 Å². The van der Waals surface area contributed by atoms with Gasteiger partial charge in [-0.05, 0) is 24.3 Å². The third kappa shape index (κ3) is 3.38. The molecule has 1 unspecified atom stereocenters. The summed E-state index contributed by atoms with van der Waals surface area (Å²) in [6.07, 6.45) is -5.87. The van der Waals surface area contributed by atoms with Crippen molar-refractivity contribution >= 4 is 0 Å². The lowest BCUT2D eigenvalue weighted by molar-refractivity contribution is -0.208. The zero-order chi connectivity index (χ0) is 16.3. The number of ether oxygens (including phenoxy) is 1. The van der Waals surface area contributed by atoms with Crippen LogP contribution in [-0.2, 0) is 6.54 Å². The number of aromatic nitrogens is 2. The number of nitriles is 1. The van der Waals surface area contributed by atoms with Crippen LogP contribution in [0.3, 0.4) is 0 Å². The van der Waals surface area contributed by atoms with Crippen LogP contribution in [0.25, 0.3) is 11.3 Å². The van der Waals surface area contributed by atoms with Crippen LogP contribution in [-0.4, -0.2) is 34.3 Å². The number of rotatable bonds is 4. The molecule has 1 heterocycles. The van der Waals surface area contributed by atoms with Crippen molar-refractivity contribution in [2.45, 2.75) is 18.8 Å². The standard InChI is InChI=1S/C14H12F3N3O2/c1-22-12-3-2-9(7-18)6-10(12)11-4-5-20(19-11)8-13(21)14(15,16)17/h2-6,13,21H,8H2,1H3. The number of aliphatic hydroxyl groups is 1. The maximum atomic E-state index is 12.3. The van der Waals surface area contributed by atoms with E-state index in [1.807, 2.05) is 6.07 Å². The molecule has 5 nitrogen and oxygen atoms in total. The number of aliphatic hydroxyl groups excluding tert-OH is 1. The maximum absolute atomic E-state index is 12.3. The summed E-state index contributed by atoms with van der Waals surface area (Å²) in [6, 6.07) is 8.13. The third-order valence-corrected chi connectivity index (χ3v) is 2.98. The second-order valence-corrected chi connectivity index (χ2v) is 4.51. The van der Waals surface area contributed by atoms with Gasteiger partial charge in [-0.15, -0.1) is 0 Å². The van der Waals surface area contributed by atoms with Gasteiger partial charge in [0.25, 0.3) is 0 Å². The largest absolute Gasteiger partial charge is 0.496 e. The number of halogens is 3. The Kier molecular flexibility index (Phi) is 4.37. The molecule has 1 aromatic heterocycles. The first-order valence-corrected chi connectivity index (χ1v) is 6.22. The SMILES string of the molecule is COc1ccc(C#N)cc1-c1ccn(CC(O)C(F)(F)F)n1. The molecule has 1 aromatic carbocycles. The molecule has 0 amide bonds. The van der Waals surface area contributed by atoms with Crippen LogP contribution < -0.4 is 4.74 Å². The molecule has 116 valence electrons. The van der Waals surface area contributed by atoms with Gasteiger partial charge in [-0.25, -0.2) is 0 Å². The van der Waals surface area contributed by atoms with E-state index in [0.29, 0.717) is 22.6 Å². The number of benzene rings is 1. The molecule has 2 aromatic rings. The maximum Gasteiger partial charge on any atom is 0.416 e. The lowest BCUT2D eigenvalue weighted by atomic mass is 10.1. The van der Waals surface area contributed by atoms with Crippen LogP contribution in [0.1, 0.15) is 5.56 Å². The fourth-order valence-electron chi connectivity index (χ4n) is 1.87. The van der Waals surface area contributed by atoms with Gasteiger partial charge in [0.15, 0.2) is 6.10 Å². The summed E-state index contributed by atoms with van der Waals surface area (Å²) in [6.45, 7) is -0.705. The Hall–Kier alpha value is -2.53. The molecule has 0 aliphatic carbocycles. The van der Waals surface area contributed by atoms with E-state index < -0.39 is 18.8 Å². The number of hydrogen-bond donors (Lipinski definition) is 1. The van der Waals surface area contributed by atoms with E-state index in [1.165, 1.54) is 25.4 Å². The average molecular weight is 311 g/mol. The highest BCUT2D eigenvalue weighted by atomic mass is 19.4. The number of nitrogens with zero attached hydrogens (tertiary/aromatic N) is 3. The topological polar surface area (TPSA) is 71.1 Å². The van der Waals surface area contributed by atoms with Crippen molar-refractivity contribution in [3.05, 3.63) is 36.0 Å². The zero-order valence-electron chi connectivity index (χ0n) is 11.5. The number of alkyl halides is 3. The lowest BCUT2D eigenvalue weighted by Crippen LogP contribution is -2.32. The first-order chi connectivity index (χ1) is 10.3. The fraction of sp³-hybridized carbons (Fsp3) is 0.286. The Bertz CT molecular complexity index is 704. The van der Waals surface area contributed by atoms with Crippen LogP contribution in [0, 0.1) is 11.3 Å². The minimum Gasteiger partial charge on any atom is -0.496 e. The molecule has 0 aliphatic rings. The van der Waals surface area contributed by atoms with Crippen LogP contribution >= 0.6 is 0 Å². The van der Waals surface area contributed by atoms with Crippen molar-refractivity contribution < 1.29 is 23.0 Å². The summed E-state index contributed by atoms with van der Waals surface area (Å²) in [4.78, 5) is 0. The van der Waals surface area contributed by atoms with Crippen LogP contribution in [0.2, 0.25) is 0 Å². The van der Waals surface area contributed by atoms with Gasteiger partial charge >= 0.3 is 6.18 Å². The minimum atomic E-state index is -4.70. The Morgan fingerprint density at radius 2 is 2.14 bits per heavy atom.